The van der Waals surface area contributed by atoms with Crippen molar-refractivity contribution in [2.45, 2.75) is 73.0 Å². The zero-order chi connectivity index (χ0) is 53.4. The second-order valence-corrected chi connectivity index (χ2v) is 18.4. The molecule has 5 amide bonds. The molecule has 398 valence electrons. The molecule has 3 aromatic carbocycles. The van der Waals surface area contributed by atoms with Crippen molar-refractivity contribution < 1.29 is 47.7 Å². The van der Waals surface area contributed by atoms with Gasteiger partial charge in [-0.15, -0.1) is 0 Å². The van der Waals surface area contributed by atoms with Gasteiger partial charge in [-0.2, -0.15) is 5.10 Å². The number of hydrogen-bond donors (Lipinski definition) is 6. The van der Waals surface area contributed by atoms with Gasteiger partial charge in [-0.3, -0.25) is 29.2 Å². The SMILES string of the molecule is CCN(CC)CCNC(=O)c1c(C)[nH]c(/C=C2\C(=O)Nc3ccc(NC(=O)CCC(=O)O[C@@H](C)C(=O)OCCN(Cc4cccc(OC)c4)C(=O)Nc4ccc(-c5cn[nH]c5)cc4OCCN4CCCC4)cc32)c1C. The first-order valence-electron chi connectivity index (χ1n) is 25.4. The van der Waals surface area contributed by atoms with Crippen LogP contribution in [0.1, 0.15) is 84.9 Å². The van der Waals surface area contributed by atoms with Crippen LogP contribution in [0.25, 0.3) is 22.8 Å². The van der Waals surface area contributed by atoms with Gasteiger partial charge >= 0.3 is 18.0 Å². The van der Waals surface area contributed by atoms with E-state index in [0.717, 1.165) is 68.8 Å². The minimum atomic E-state index is -1.31. The van der Waals surface area contributed by atoms with Crippen molar-refractivity contribution >= 4 is 64.4 Å². The summed E-state index contributed by atoms with van der Waals surface area (Å²) < 4.78 is 22.5. The molecule has 4 heterocycles. The highest BCUT2D eigenvalue weighted by molar-refractivity contribution is 6.35. The van der Waals surface area contributed by atoms with Gasteiger partial charge in [-0.1, -0.05) is 32.0 Å². The van der Waals surface area contributed by atoms with E-state index in [1.807, 2.05) is 44.2 Å². The van der Waals surface area contributed by atoms with E-state index in [-0.39, 0.29) is 44.4 Å². The number of hydrogen-bond acceptors (Lipinski definition) is 13. The van der Waals surface area contributed by atoms with Gasteiger partial charge in [0.2, 0.25) is 5.91 Å². The summed E-state index contributed by atoms with van der Waals surface area (Å²) in [5, 5.41) is 18.5. The zero-order valence-electron chi connectivity index (χ0n) is 43.6. The number of likely N-dealkylation sites (tertiary alicyclic amines) is 1. The molecule has 0 bridgehead atoms. The van der Waals surface area contributed by atoms with E-state index >= 15 is 0 Å². The van der Waals surface area contributed by atoms with Crippen LogP contribution in [0.4, 0.5) is 21.9 Å². The number of nitrogens with zero attached hydrogens (tertiary/aromatic N) is 4. The number of likely N-dealkylation sites (N-methyl/N-ethyl adjacent to an activating group) is 1. The van der Waals surface area contributed by atoms with E-state index in [4.69, 9.17) is 18.9 Å². The third kappa shape index (κ3) is 14.8. The van der Waals surface area contributed by atoms with Crippen LogP contribution in [-0.2, 0) is 35.2 Å². The molecule has 1 atom stereocenters. The highest BCUT2D eigenvalue weighted by atomic mass is 16.6. The smallest absolute Gasteiger partial charge is 0.347 e. The van der Waals surface area contributed by atoms with E-state index in [1.165, 1.54) is 11.8 Å². The lowest BCUT2D eigenvalue weighted by Crippen LogP contribution is -2.38. The van der Waals surface area contributed by atoms with Crippen LogP contribution in [-0.4, -0.2) is 144 Å². The number of rotatable bonds is 25. The number of ether oxygens (including phenoxy) is 4. The number of nitrogens with one attached hydrogen (secondary N) is 6. The Morgan fingerprint density at radius 1 is 0.920 bits per heavy atom. The number of aryl methyl sites for hydroxylation is 1. The summed E-state index contributed by atoms with van der Waals surface area (Å²) in [5.41, 5.74) is 7.24. The van der Waals surface area contributed by atoms with Crippen molar-refractivity contribution in [3.8, 4) is 22.6 Å². The van der Waals surface area contributed by atoms with Crippen molar-refractivity contribution in [3.05, 3.63) is 107 Å². The van der Waals surface area contributed by atoms with E-state index in [9.17, 15) is 28.8 Å². The fourth-order valence-electron chi connectivity index (χ4n) is 8.95. The van der Waals surface area contributed by atoms with Crippen molar-refractivity contribution in [1.82, 2.24) is 35.2 Å². The summed E-state index contributed by atoms with van der Waals surface area (Å²) in [4.78, 5) is 88.8. The average Bonchev–Trinajstić information content (AvgIpc) is 4.24. The number of aromatic amines is 2. The van der Waals surface area contributed by atoms with Crippen molar-refractivity contribution in [2.24, 2.45) is 0 Å². The maximum Gasteiger partial charge on any atom is 0.347 e. The maximum atomic E-state index is 14.1. The fourth-order valence-corrected chi connectivity index (χ4v) is 8.95. The Balaban J connectivity index is 0.913. The zero-order valence-corrected chi connectivity index (χ0v) is 43.6. The van der Waals surface area contributed by atoms with Gasteiger partial charge in [0.25, 0.3) is 11.8 Å². The summed E-state index contributed by atoms with van der Waals surface area (Å²) in [7, 11) is 1.55. The molecule has 6 N–H and O–H groups in total. The molecule has 7 rings (SSSR count). The molecule has 5 aromatic rings. The standard InChI is InChI=1S/C55H68N10O10/c1-7-63(8-2)23-20-56-53(69)51-35(3)47(59-36(51)4)31-44-43-30-41(15-17-45(43)61-52(44)68)60-49(66)18-19-50(67)75-37(5)54(70)74-27-25-65(34-38-12-11-13-42(28-38)72-6)55(71)62-46-16-14-39(40-32-57-58-33-40)29-48(46)73-26-24-64-21-9-10-22-64/h11-17,28-33,37,59H,7-10,18-27,34H2,1-6H3,(H,56,69)(H,57,58)(H,60,66)(H,61,68)(H,62,71)/b44-31-/t37-/m0/s1. The number of fused-ring (bicyclic) bond motifs is 1. The Bertz CT molecular complexity index is 2850. The Morgan fingerprint density at radius 2 is 1.72 bits per heavy atom. The van der Waals surface area contributed by atoms with E-state index in [2.05, 4.69) is 60.1 Å². The van der Waals surface area contributed by atoms with Crippen molar-refractivity contribution in [2.75, 3.05) is 88.6 Å². The molecule has 0 unspecified atom stereocenters. The van der Waals surface area contributed by atoms with Gasteiger partial charge in [-0.05, 0) is 125 Å². The molecule has 2 aromatic heterocycles. The van der Waals surface area contributed by atoms with Crippen LogP contribution >= 0.6 is 0 Å². The number of anilines is 3. The van der Waals surface area contributed by atoms with Gasteiger partial charge in [-0.25, -0.2) is 9.59 Å². The maximum absolute atomic E-state index is 14.1. The number of urea groups is 1. The van der Waals surface area contributed by atoms with Crippen molar-refractivity contribution in [1.29, 1.82) is 0 Å². The molecule has 0 aliphatic carbocycles. The molecule has 2 aliphatic rings. The molecule has 20 nitrogen and oxygen atoms in total. The summed E-state index contributed by atoms with van der Waals surface area (Å²) in [6.45, 7) is 15.3. The first kappa shape index (κ1) is 54.8. The van der Waals surface area contributed by atoms with Crippen molar-refractivity contribution in [3.63, 3.8) is 0 Å². The minimum Gasteiger partial charge on any atom is -0.497 e. The van der Waals surface area contributed by atoms with Gasteiger partial charge in [0.05, 0.1) is 43.1 Å². The molecule has 1 fully saturated rings. The number of carbonyl (C=O) groups is 6. The van der Waals surface area contributed by atoms with Crippen LogP contribution in [0.3, 0.4) is 0 Å². The largest absolute Gasteiger partial charge is 0.497 e. The van der Waals surface area contributed by atoms with Gasteiger partial charge < -0.3 is 55.0 Å². The average molecular weight is 1030 g/mol. The van der Waals surface area contributed by atoms with Gasteiger partial charge in [0.1, 0.15) is 24.7 Å². The summed E-state index contributed by atoms with van der Waals surface area (Å²) in [6.07, 6.45) is 5.58. The second-order valence-electron chi connectivity index (χ2n) is 18.4. The predicted molar refractivity (Wildman–Crippen MR) is 285 cm³/mol. The minimum absolute atomic E-state index is 0.0271. The number of esters is 2. The second kappa shape index (κ2) is 26.3. The molecule has 0 spiro atoms. The molecule has 20 heteroatoms. The lowest BCUT2D eigenvalue weighted by atomic mass is 10.0. The van der Waals surface area contributed by atoms with Crippen LogP contribution in [0, 0.1) is 13.8 Å². The summed E-state index contributed by atoms with van der Waals surface area (Å²) in [6, 6.07) is 17.2. The van der Waals surface area contributed by atoms with Crippen LogP contribution in [0.2, 0.25) is 0 Å². The first-order valence-corrected chi connectivity index (χ1v) is 25.4. The summed E-state index contributed by atoms with van der Waals surface area (Å²) in [5.74, 6) is -1.58. The van der Waals surface area contributed by atoms with E-state index in [0.29, 0.717) is 75.4 Å². The van der Waals surface area contributed by atoms with E-state index < -0.39 is 30.0 Å². The molecule has 0 saturated carbocycles. The Labute approximate surface area is 436 Å². The molecule has 75 heavy (non-hydrogen) atoms. The summed E-state index contributed by atoms with van der Waals surface area (Å²) >= 11 is 0. The monoisotopic (exact) mass is 1030 g/mol. The normalized spacial score (nSPS) is 14.0. The number of amides is 5. The number of benzene rings is 3. The third-order valence-electron chi connectivity index (χ3n) is 13.2. The molecule has 0 radical (unpaired) electrons. The van der Waals surface area contributed by atoms with Gasteiger partial charge in [0, 0.05) is 72.7 Å². The molecular formula is C55H68N10O10. The third-order valence-corrected chi connectivity index (χ3v) is 13.2. The molecule has 1 saturated heterocycles. The molecular weight excluding hydrogens is 961 g/mol. The topological polar surface area (TPSA) is 242 Å². The fraction of sp³-hybridized carbons (Fsp3) is 0.400. The van der Waals surface area contributed by atoms with Crippen LogP contribution in [0.5, 0.6) is 11.5 Å². The quantitative estimate of drug-likeness (QED) is 0.0255. The number of H-pyrrole nitrogens is 2. The predicted octanol–water partition coefficient (Wildman–Crippen LogP) is 7.00. The molecule has 2 aliphatic heterocycles. The highest BCUT2D eigenvalue weighted by Crippen LogP contribution is 2.36. The lowest BCUT2D eigenvalue weighted by molar-refractivity contribution is -0.166. The number of carbonyl (C=O) groups excluding carboxylic acids is 6. The Hall–Kier alpha value is -7.97. The van der Waals surface area contributed by atoms with E-state index in [1.54, 1.807) is 55.9 Å². The van der Waals surface area contributed by atoms with Gasteiger partial charge in [0.15, 0.2) is 6.10 Å². The van der Waals surface area contributed by atoms with Crippen LogP contribution < -0.4 is 30.7 Å². The number of aromatic nitrogens is 3. The Kier molecular flexibility index (Phi) is 19.2. The number of methoxy groups -OCH3 is 1. The van der Waals surface area contributed by atoms with Crippen LogP contribution in [0.15, 0.2) is 73.1 Å². The Morgan fingerprint density at radius 3 is 2.47 bits per heavy atom. The highest BCUT2D eigenvalue weighted by Gasteiger charge is 2.28. The lowest BCUT2D eigenvalue weighted by Gasteiger charge is -2.25. The first-order chi connectivity index (χ1) is 36.2.